The van der Waals surface area contributed by atoms with Gasteiger partial charge in [0.05, 0.1) is 0 Å². The summed E-state index contributed by atoms with van der Waals surface area (Å²) in [6.07, 6.45) is 2.87. The van der Waals surface area contributed by atoms with Gasteiger partial charge in [-0.1, -0.05) is 0 Å². The highest BCUT2D eigenvalue weighted by Crippen LogP contribution is 2.14. The molecule has 1 aliphatic rings. The van der Waals surface area contributed by atoms with Crippen LogP contribution in [0.15, 0.2) is 24.3 Å². The lowest BCUT2D eigenvalue weighted by atomic mass is 10.1. The van der Waals surface area contributed by atoms with Gasteiger partial charge in [0.25, 0.3) is 0 Å². The van der Waals surface area contributed by atoms with Crippen molar-refractivity contribution in [3.05, 3.63) is 30.1 Å². The first-order valence-corrected chi connectivity index (χ1v) is 5.55. The van der Waals surface area contributed by atoms with Crippen molar-refractivity contribution in [3.63, 3.8) is 0 Å². The molecular weight excluding hydrogens is 207 g/mol. The molecular formula is C12H15FN2O. The topological polar surface area (TPSA) is 41.1 Å². The van der Waals surface area contributed by atoms with Gasteiger partial charge in [0.1, 0.15) is 11.9 Å². The summed E-state index contributed by atoms with van der Waals surface area (Å²) in [4.78, 5) is 11.6. The maximum absolute atomic E-state index is 12.7. The zero-order valence-electron chi connectivity index (χ0n) is 9.00. The van der Waals surface area contributed by atoms with E-state index in [9.17, 15) is 9.18 Å². The normalized spacial score (nSPS) is 21.1. The molecule has 1 aliphatic heterocycles. The average molecular weight is 222 g/mol. The summed E-state index contributed by atoms with van der Waals surface area (Å²) in [6.45, 7) is 0.750. The lowest BCUT2D eigenvalue weighted by molar-refractivity contribution is -0.121. The van der Waals surface area contributed by atoms with Gasteiger partial charge in [0.2, 0.25) is 5.91 Å². The molecule has 0 aromatic heterocycles. The van der Waals surface area contributed by atoms with E-state index < -0.39 is 0 Å². The summed E-state index contributed by atoms with van der Waals surface area (Å²) in [5.74, 6) is -0.238. The molecule has 4 heteroatoms. The number of nitrogens with one attached hydrogen (secondary N) is 2. The van der Waals surface area contributed by atoms with Crippen molar-refractivity contribution in [2.75, 3.05) is 11.9 Å². The first-order valence-electron chi connectivity index (χ1n) is 5.55. The molecule has 0 spiro atoms. The summed E-state index contributed by atoms with van der Waals surface area (Å²) in [7, 11) is 0. The van der Waals surface area contributed by atoms with Crippen molar-refractivity contribution in [2.45, 2.75) is 25.3 Å². The molecule has 1 unspecified atom stereocenters. The van der Waals surface area contributed by atoms with E-state index in [-0.39, 0.29) is 17.8 Å². The van der Waals surface area contributed by atoms with Gasteiger partial charge in [-0.15, -0.1) is 0 Å². The van der Waals surface area contributed by atoms with Crippen molar-refractivity contribution in [1.29, 1.82) is 0 Å². The maximum Gasteiger partial charge on any atom is 0.242 e. The number of rotatable bonds is 2. The Kier molecular flexibility index (Phi) is 3.39. The van der Waals surface area contributed by atoms with Crippen LogP contribution in [0.25, 0.3) is 0 Å². The van der Waals surface area contributed by atoms with Gasteiger partial charge >= 0.3 is 0 Å². The summed E-state index contributed by atoms with van der Waals surface area (Å²) >= 11 is 0. The molecule has 2 N–H and O–H groups in total. The smallest absolute Gasteiger partial charge is 0.242 e. The van der Waals surface area contributed by atoms with Gasteiger partial charge in [-0.3, -0.25) is 4.79 Å². The van der Waals surface area contributed by atoms with Crippen molar-refractivity contribution >= 4 is 11.6 Å². The molecule has 3 nitrogen and oxygen atoms in total. The van der Waals surface area contributed by atoms with E-state index in [1.807, 2.05) is 0 Å². The van der Waals surface area contributed by atoms with Gasteiger partial charge < -0.3 is 10.6 Å². The largest absolute Gasteiger partial charge is 0.374 e. The number of anilines is 1. The third-order valence-corrected chi connectivity index (χ3v) is 2.72. The van der Waals surface area contributed by atoms with Crippen LogP contribution in [0.2, 0.25) is 0 Å². The highest BCUT2D eigenvalue weighted by atomic mass is 19.1. The number of halogens is 1. The predicted molar refractivity (Wildman–Crippen MR) is 60.7 cm³/mol. The molecule has 1 fully saturated rings. The minimum atomic E-state index is -0.268. The zero-order chi connectivity index (χ0) is 11.4. The number of hydrogen-bond donors (Lipinski definition) is 2. The summed E-state index contributed by atoms with van der Waals surface area (Å²) in [6, 6.07) is 5.86. The standard InChI is InChI=1S/C12H15FN2O/c13-9-4-6-10(7-5-9)15-11-3-1-2-8-14-12(11)16/h4-7,11,15H,1-3,8H2,(H,14,16). The molecule has 1 aromatic carbocycles. The third kappa shape index (κ3) is 2.72. The predicted octanol–water partition coefficient (Wildman–Crippen LogP) is 1.91. The van der Waals surface area contributed by atoms with Crippen LogP contribution in [0.1, 0.15) is 19.3 Å². The van der Waals surface area contributed by atoms with Crippen molar-refractivity contribution in [2.24, 2.45) is 0 Å². The van der Waals surface area contributed by atoms with Crippen LogP contribution < -0.4 is 10.6 Å². The second-order valence-corrected chi connectivity index (χ2v) is 3.99. The van der Waals surface area contributed by atoms with Gasteiger partial charge in [-0.05, 0) is 43.5 Å². The quantitative estimate of drug-likeness (QED) is 0.802. The van der Waals surface area contributed by atoms with Crippen molar-refractivity contribution in [3.8, 4) is 0 Å². The Morgan fingerprint density at radius 1 is 1.25 bits per heavy atom. The number of carbonyl (C=O) groups is 1. The van der Waals surface area contributed by atoms with Crippen LogP contribution in [0.5, 0.6) is 0 Å². The van der Waals surface area contributed by atoms with Gasteiger partial charge in [-0.25, -0.2) is 4.39 Å². The SMILES string of the molecule is O=C1NCCCCC1Nc1ccc(F)cc1. The van der Waals surface area contributed by atoms with Crippen LogP contribution in [0.4, 0.5) is 10.1 Å². The zero-order valence-corrected chi connectivity index (χ0v) is 9.00. The van der Waals surface area contributed by atoms with Crippen LogP contribution in [0, 0.1) is 5.82 Å². The molecule has 0 aliphatic carbocycles. The molecule has 1 amide bonds. The van der Waals surface area contributed by atoms with Gasteiger partial charge in [0, 0.05) is 12.2 Å². The Balaban J connectivity index is 2.02. The molecule has 1 atom stereocenters. The molecule has 1 aromatic rings. The third-order valence-electron chi connectivity index (χ3n) is 2.72. The van der Waals surface area contributed by atoms with Crippen LogP contribution in [0.3, 0.4) is 0 Å². The lowest BCUT2D eigenvalue weighted by Gasteiger charge is -2.16. The van der Waals surface area contributed by atoms with Crippen LogP contribution in [-0.4, -0.2) is 18.5 Å². The molecule has 86 valence electrons. The average Bonchev–Trinajstić information content (AvgIpc) is 2.48. The maximum atomic E-state index is 12.7. The Bertz CT molecular complexity index is 364. The second-order valence-electron chi connectivity index (χ2n) is 3.99. The van der Waals surface area contributed by atoms with Crippen molar-refractivity contribution in [1.82, 2.24) is 5.32 Å². The Labute approximate surface area is 94.0 Å². The Hall–Kier alpha value is -1.58. The summed E-state index contributed by atoms with van der Waals surface area (Å²) in [5, 5.41) is 5.97. The van der Waals surface area contributed by atoms with Crippen LogP contribution in [-0.2, 0) is 4.79 Å². The number of hydrogen-bond acceptors (Lipinski definition) is 2. The molecule has 0 saturated carbocycles. The molecule has 0 bridgehead atoms. The van der Waals surface area contributed by atoms with Gasteiger partial charge in [0.15, 0.2) is 0 Å². The van der Waals surface area contributed by atoms with Crippen LogP contribution >= 0.6 is 0 Å². The minimum absolute atomic E-state index is 0.0295. The molecule has 1 heterocycles. The van der Waals surface area contributed by atoms with E-state index in [0.29, 0.717) is 0 Å². The monoisotopic (exact) mass is 222 g/mol. The molecule has 1 saturated heterocycles. The number of benzene rings is 1. The fourth-order valence-corrected chi connectivity index (χ4v) is 1.82. The fraction of sp³-hybridized carbons (Fsp3) is 0.417. The Morgan fingerprint density at radius 2 is 2.00 bits per heavy atom. The highest BCUT2D eigenvalue weighted by Gasteiger charge is 2.19. The van der Waals surface area contributed by atoms with E-state index in [1.54, 1.807) is 12.1 Å². The fourth-order valence-electron chi connectivity index (χ4n) is 1.82. The van der Waals surface area contributed by atoms with E-state index >= 15 is 0 Å². The Morgan fingerprint density at radius 3 is 2.75 bits per heavy atom. The number of carbonyl (C=O) groups excluding carboxylic acids is 1. The van der Waals surface area contributed by atoms with E-state index in [0.717, 1.165) is 31.5 Å². The van der Waals surface area contributed by atoms with Gasteiger partial charge in [-0.2, -0.15) is 0 Å². The molecule has 16 heavy (non-hydrogen) atoms. The highest BCUT2D eigenvalue weighted by molar-refractivity contribution is 5.84. The molecule has 2 rings (SSSR count). The first-order chi connectivity index (χ1) is 7.75. The minimum Gasteiger partial charge on any atom is -0.374 e. The lowest BCUT2D eigenvalue weighted by Crippen LogP contribution is -2.37. The summed E-state index contributed by atoms with van der Waals surface area (Å²) < 4.78 is 12.7. The molecule has 0 radical (unpaired) electrons. The van der Waals surface area contributed by atoms with E-state index in [2.05, 4.69) is 10.6 Å². The number of amides is 1. The second kappa shape index (κ2) is 4.96. The van der Waals surface area contributed by atoms with Crippen molar-refractivity contribution < 1.29 is 9.18 Å². The first kappa shape index (κ1) is 10.9. The van der Waals surface area contributed by atoms with E-state index in [1.165, 1.54) is 12.1 Å². The summed E-state index contributed by atoms with van der Waals surface area (Å²) in [5.41, 5.74) is 0.781. The van der Waals surface area contributed by atoms with E-state index in [4.69, 9.17) is 0 Å².